The van der Waals surface area contributed by atoms with Crippen LogP contribution in [0.25, 0.3) is 0 Å². The normalized spacial score (nSPS) is 19.4. The molecule has 5 heteroatoms. The van der Waals surface area contributed by atoms with Gasteiger partial charge in [-0.05, 0) is 18.8 Å². The molecule has 0 saturated carbocycles. The summed E-state index contributed by atoms with van der Waals surface area (Å²) < 4.78 is 0. The fourth-order valence-electron chi connectivity index (χ4n) is 2.32. The van der Waals surface area contributed by atoms with Crippen molar-refractivity contribution in [1.29, 1.82) is 5.26 Å². The lowest BCUT2D eigenvalue weighted by Gasteiger charge is -2.32. The Kier molecular flexibility index (Phi) is 3.98. The second-order valence-electron chi connectivity index (χ2n) is 4.95. The lowest BCUT2D eigenvalue weighted by Crippen LogP contribution is -2.36. The van der Waals surface area contributed by atoms with Gasteiger partial charge in [0.05, 0.1) is 6.07 Å². The van der Waals surface area contributed by atoms with Gasteiger partial charge in [0, 0.05) is 39.7 Å². The van der Waals surface area contributed by atoms with E-state index in [0.717, 1.165) is 37.6 Å². The topological polar surface area (TPSA) is 56.0 Å². The summed E-state index contributed by atoms with van der Waals surface area (Å²) in [7, 11) is 3.95. The van der Waals surface area contributed by atoms with Crippen LogP contribution in [0.4, 0.5) is 11.6 Å². The molecular weight excluding hydrogens is 226 g/mol. The van der Waals surface area contributed by atoms with Gasteiger partial charge in [-0.3, -0.25) is 0 Å². The van der Waals surface area contributed by atoms with Crippen LogP contribution in [0.15, 0.2) is 12.4 Å². The van der Waals surface area contributed by atoms with Crippen molar-refractivity contribution in [2.24, 2.45) is 5.92 Å². The third kappa shape index (κ3) is 2.89. The first-order chi connectivity index (χ1) is 8.70. The highest BCUT2D eigenvalue weighted by atomic mass is 15.2. The van der Waals surface area contributed by atoms with Crippen LogP contribution < -0.4 is 9.80 Å². The summed E-state index contributed by atoms with van der Waals surface area (Å²) in [5.41, 5.74) is 0. The van der Waals surface area contributed by atoms with Gasteiger partial charge in [-0.1, -0.05) is 0 Å². The van der Waals surface area contributed by atoms with Gasteiger partial charge >= 0.3 is 0 Å². The van der Waals surface area contributed by atoms with Gasteiger partial charge in [0.2, 0.25) is 0 Å². The molecule has 0 bridgehead atoms. The minimum absolute atomic E-state index is 0.474. The molecule has 1 aromatic rings. The Morgan fingerprint density at radius 3 is 3.06 bits per heavy atom. The average Bonchev–Trinajstić information content (AvgIpc) is 2.39. The first-order valence-corrected chi connectivity index (χ1v) is 6.32. The molecule has 0 radical (unpaired) electrons. The number of rotatable bonds is 3. The molecule has 1 fully saturated rings. The van der Waals surface area contributed by atoms with Gasteiger partial charge in [0.25, 0.3) is 0 Å². The third-order valence-electron chi connectivity index (χ3n) is 3.32. The van der Waals surface area contributed by atoms with Crippen molar-refractivity contribution < 1.29 is 0 Å². The third-order valence-corrected chi connectivity index (χ3v) is 3.32. The van der Waals surface area contributed by atoms with Crippen LogP contribution in [0.3, 0.4) is 0 Å². The van der Waals surface area contributed by atoms with Gasteiger partial charge in [-0.2, -0.15) is 5.26 Å². The Labute approximate surface area is 108 Å². The summed E-state index contributed by atoms with van der Waals surface area (Å²) in [6.45, 7) is 1.95. The highest BCUT2D eigenvalue weighted by Crippen LogP contribution is 2.24. The quantitative estimate of drug-likeness (QED) is 0.810. The molecular formula is C13H19N5. The minimum atomic E-state index is 0.474. The molecule has 0 aromatic carbocycles. The molecule has 96 valence electrons. The van der Waals surface area contributed by atoms with Crippen molar-refractivity contribution in [2.75, 3.05) is 37.0 Å². The van der Waals surface area contributed by atoms with E-state index in [4.69, 9.17) is 5.26 Å². The lowest BCUT2D eigenvalue weighted by molar-refractivity contribution is 0.420. The van der Waals surface area contributed by atoms with Crippen molar-refractivity contribution in [3.05, 3.63) is 12.4 Å². The van der Waals surface area contributed by atoms with Gasteiger partial charge in [0.15, 0.2) is 0 Å². The van der Waals surface area contributed by atoms with Gasteiger partial charge in [-0.15, -0.1) is 0 Å². The molecule has 1 atom stereocenters. The van der Waals surface area contributed by atoms with E-state index < -0.39 is 0 Å². The fraction of sp³-hybridized carbons (Fsp3) is 0.615. The largest absolute Gasteiger partial charge is 0.363 e. The minimum Gasteiger partial charge on any atom is -0.363 e. The number of hydrogen-bond donors (Lipinski definition) is 0. The fourth-order valence-corrected chi connectivity index (χ4v) is 2.32. The summed E-state index contributed by atoms with van der Waals surface area (Å²) in [4.78, 5) is 12.8. The molecule has 0 amide bonds. The lowest BCUT2D eigenvalue weighted by atomic mass is 9.95. The highest BCUT2D eigenvalue weighted by molar-refractivity contribution is 5.49. The molecule has 18 heavy (non-hydrogen) atoms. The standard InChI is InChI=1S/C13H19N5/c1-17(2)12-8-13(16-10-15-12)18-7-3-4-11(9-18)5-6-14/h8,10-11H,3-5,7,9H2,1-2H3. The first kappa shape index (κ1) is 12.6. The number of nitrogens with zero attached hydrogens (tertiary/aromatic N) is 5. The molecule has 1 aromatic heterocycles. The summed E-state index contributed by atoms with van der Waals surface area (Å²) in [5.74, 6) is 2.36. The van der Waals surface area contributed by atoms with Crippen LogP contribution in [-0.2, 0) is 0 Å². The summed E-state index contributed by atoms with van der Waals surface area (Å²) in [5, 5.41) is 8.79. The van der Waals surface area contributed by atoms with Crippen LogP contribution in [0, 0.1) is 17.2 Å². The van der Waals surface area contributed by atoms with E-state index in [2.05, 4.69) is 20.9 Å². The molecule has 5 nitrogen and oxygen atoms in total. The predicted molar refractivity (Wildman–Crippen MR) is 71.5 cm³/mol. The van der Waals surface area contributed by atoms with Gasteiger partial charge in [-0.25, -0.2) is 9.97 Å². The Bertz CT molecular complexity index is 437. The maximum atomic E-state index is 8.79. The van der Waals surface area contributed by atoms with E-state index in [1.807, 2.05) is 25.1 Å². The molecule has 1 unspecified atom stereocenters. The maximum absolute atomic E-state index is 8.79. The van der Waals surface area contributed by atoms with Crippen LogP contribution >= 0.6 is 0 Å². The zero-order valence-electron chi connectivity index (χ0n) is 11.0. The number of anilines is 2. The monoisotopic (exact) mass is 245 g/mol. The molecule has 1 aliphatic rings. The predicted octanol–water partition coefficient (Wildman–Crippen LogP) is 1.67. The van der Waals surface area contributed by atoms with Gasteiger partial charge in [0.1, 0.15) is 18.0 Å². The number of piperidine rings is 1. The SMILES string of the molecule is CN(C)c1cc(N2CCCC(CC#N)C2)ncn1. The Balaban J connectivity index is 2.11. The second kappa shape index (κ2) is 5.67. The maximum Gasteiger partial charge on any atom is 0.134 e. The zero-order chi connectivity index (χ0) is 13.0. The first-order valence-electron chi connectivity index (χ1n) is 6.32. The molecule has 0 N–H and O–H groups in total. The Hall–Kier alpha value is -1.83. The van der Waals surface area contributed by atoms with Crippen molar-refractivity contribution in [1.82, 2.24) is 9.97 Å². The van der Waals surface area contributed by atoms with E-state index in [1.54, 1.807) is 6.33 Å². The van der Waals surface area contributed by atoms with E-state index in [1.165, 1.54) is 0 Å². The van der Waals surface area contributed by atoms with Crippen molar-refractivity contribution in [2.45, 2.75) is 19.3 Å². The van der Waals surface area contributed by atoms with Gasteiger partial charge < -0.3 is 9.80 Å². The Morgan fingerprint density at radius 2 is 2.33 bits per heavy atom. The van der Waals surface area contributed by atoms with Crippen molar-refractivity contribution in [3.8, 4) is 6.07 Å². The average molecular weight is 245 g/mol. The summed E-state index contributed by atoms with van der Waals surface area (Å²) in [6.07, 6.45) is 4.53. The molecule has 1 aliphatic heterocycles. The number of nitriles is 1. The summed E-state index contributed by atoms with van der Waals surface area (Å²) >= 11 is 0. The molecule has 0 spiro atoms. The van der Waals surface area contributed by atoms with E-state index in [0.29, 0.717) is 12.3 Å². The van der Waals surface area contributed by atoms with E-state index in [-0.39, 0.29) is 0 Å². The van der Waals surface area contributed by atoms with Crippen LogP contribution in [0.2, 0.25) is 0 Å². The highest BCUT2D eigenvalue weighted by Gasteiger charge is 2.21. The number of aromatic nitrogens is 2. The summed E-state index contributed by atoms with van der Waals surface area (Å²) in [6, 6.07) is 4.28. The van der Waals surface area contributed by atoms with Crippen LogP contribution in [-0.4, -0.2) is 37.2 Å². The number of hydrogen-bond acceptors (Lipinski definition) is 5. The van der Waals surface area contributed by atoms with E-state index in [9.17, 15) is 0 Å². The van der Waals surface area contributed by atoms with Crippen LogP contribution in [0.5, 0.6) is 0 Å². The van der Waals surface area contributed by atoms with E-state index >= 15 is 0 Å². The smallest absolute Gasteiger partial charge is 0.134 e. The zero-order valence-corrected chi connectivity index (χ0v) is 11.0. The second-order valence-corrected chi connectivity index (χ2v) is 4.95. The van der Waals surface area contributed by atoms with Crippen LogP contribution in [0.1, 0.15) is 19.3 Å². The Morgan fingerprint density at radius 1 is 1.50 bits per heavy atom. The van der Waals surface area contributed by atoms with Crippen molar-refractivity contribution >= 4 is 11.6 Å². The molecule has 2 rings (SSSR count). The molecule has 0 aliphatic carbocycles. The molecule has 2 heterocycles. The molecule has 1 saturated heterocycles. The van der Waals surface area contributed by atoms with Crippen molar-refractivity contribution in [3.63, 3.8) is 0 Å².